The van der Waals surface area contributed by atoms with Crippen molar-refractivity contribution in [3.63, 3.8) is 0 Å². The lowest BCUT2D eigenvalue weighted by Gasteiger charge is -2.08. The van der Waals surface area contributed by atoms with Gasteiger partial charge in [0.15, 0.2) is 0 Å². The van der Waals surface area contributed by atoms with E-state index in [2.05, 4.69) is 12.6 Å². The molecular formula is C11H15FOS. The number of aryl methyl sites for hydroxylation is 1. The summed E-state index contributed by atoms with van der Waals surface area (Å²) in [4.78, 5) is 0. The minimum Gasteiger partial charge on any atom is -0.493 e. The van der Waals surface area contributed by atoms with Crippen molar-refractivity contribution in [3.8, 4) is 5.75 Å². The van der Waals surface area contributed by atoms with Crippen LogP contribution < -0.4 is 4.74 Å². The third-order valence-corrected chi connectivity index (χ3v) is 2.26. The van der Waals surface area contributed by atoms with Crippen molar-refractivity contribution in [1.82, 2.24) is 0 Å². The molecular weight excluding hydrogens is 199 g/mol. The SMILES string of the molecule is Cc1cc(F)ccc1OCCCCS. The molecule has 0 bridgehead atoms. The fourth-order valence-corrected chi connectivity index (χ4v) is 1.39. The molecule has 0 N–H and O–H groups in total. The highest BCUT2D eigenvalue weighted by atomic mass is 32.1. The van der Waals surface area contributed by atoms with Crippen molar-refractivity contribution in [2.24, 2.45) is 0 Å². The van der Waals surface area contributed by atoms with Gasteiger partial charge in [-0.1, -0.05) is 0 Å². The number of thiol groups is 1. The Bertz CT molecular complexity index is 289. The van der Waals surface area contributed by atoms with Gasteiger partial charge < -0.3 is 4.74 Å². The third kappa shape index (κ3) is 3.58. The topological polar surface area (TPSA) is 9.23 Å². The molecule has 0 aliphatic rings. The zero-order valence-corrected chi connectivity index (χ0v) is 9.19. The molecule has 0 heterocycles. The van der Waals surface area contributed by atoms with Crippen LogP contribution in [0, 0.1) is 12.7 Å². The van der Waals surface area contributed by atoms with Crippen molar-refractivity contribution >= 4 is 12.6 Å². The fraction of sp³-hybridized carbons (Fsp3) is 0.455. The molecule has 3 heteroatoms. The molecule has 78 valence electrons. The van der Waals surface area contributed by atoms with Crippen LogP contribution in [-0.2, 0) is 0 Å². The van der Waals surface area contributed by atoms with Crippen LogP contribution in [0.2, 0.25) is 0 Å². The number of halogens is 1. The zero-order valence-electron chi connectivity index (χ0n) is 8.29. The van der Waals surface area contributed by atoms with Crippen LogP contribution >= 0.6 is 12.6 Å². The largest absolute Gasteiger partial charge is 0.493 e. The lowest BCUT2D eigenvalue weighted by atomic mass is 10.2. The van der Waals surface area contributed by atoms with Crippen LogP contribution in [0.4, 0.5) is 4.39 Å². The predicted octanol–water partition coefficient (Wildman–Crippen LogP) is 3.22. The second-order valence-corrected chi connectivity index (χ2v) is 3.64. The first-order chi connectivity index (χ1) is 6.74. The van der Waals surface area contributed by atoms with Crippen LogP contribution in [0.25, 0.3) is 0 Å². The number of ether oxygens (including phenoxy) is 1. The zero-order chi connectivity index (χ0) is 10.4. The molecule has 0 spiro atoms. The van der Waals surface area contributed by atoms with Crippen LogP contribution in [0.5, 0.6) is 5.75 Å². The number of hydrogen-bond donors (Lipinski definition) is 1. The van der Waals surface area contributed by atoms with Gasteiger partial charge in [0, 0.05) is 0 Å². The van der Waals surface area contributed by atoms with Crippen molar-refractivity contribution in [2.75, 3.05) is 12.4 Å². The second kappa shape index (κ2) is 5.91. The number of benzene rings is 1. The Morgan fingerprint density at radius 1 is 1.36 bits per heavy atom. The van der Waals surface area contributed by atoms with Gasteiger partial charge in [0.1, 0.15) is 11.6 Å². The molecule has 0 amide bonds. The quantitative estimate of drug-likeness (QED) is 0.585. The summed E-state index contributed by atoms with van der Waals surface area (Å²) >= 11 is 4.11. The maximum Gasteiger partial charge on any atom is 0.123 e. The second-order valence-electron chi connectivity index (χ2n) is 3.19. The average molecular weight is 214 g/mol. The highest BCUT2D eigenvalue weighted by Crippen LogP contribution is 2.18. The Morgan fingerprint density at radius 3 is 2.79 bits per heavy atom. The van der Waals surface area contributed by atoms with E-state index in [0.29, 0.717) is 6.61 Å². The fourth-order valence-electron chi connectivity index (χ4n) is 1.17. The lowest BCUT2D eigenvalue weighted by Crippen LogP contribution is -1.99. The first-order valence-electron chi connectivity index (χ1n) is 4.74. The van der Waals surface area contributed by atoms with Crippen molar-refractivity contribution in [3.05, 3.63) is 29.6 Å². The van der Waals surface area contributed by atoms with E-state index >= 15 is 0 Å². The van der Waals surface area contributed by atoms with Crippen LogP contribution in [-0.4, -0.2) is 12.4 Å². The summed E-state index contributed by atoms with van der Waals surface area (Å²) in [6.45, 7) is 2.52. The van der Waals surface area contributed by atoms with Crippen LogP contribution in [0.15, 0.2) is 18.2 Å². The highest BCUT2D eigenvalue weighted by molar-refractivity contribution is 7.80. The molecule has 0 saturated carbocycles. The van der Waals surface area contributed by atoms with E-state index in [1.807, 2.05) is 6.92 Å². The Kier molecular flexibility index (Phi) is 4.80. The minimum atomic E-state index is -0.217. The Labute approximate surface area is 89.7 Å². The van der Waals surface area contributed by atoms with Gasteiger partial charge in [0.25, 0.3) is 0 Å². The molecule has 0 atom stereocenters. The molecule has 1 nitrogen and oxygen atoms in total. The molecule has 0 saturated heterocycles. The average Bonchev–Trinajstić information content (AvgIpc) is 2.15. The van der Waals surface area contributed by atoms with Gasteiger partial charge in [-0.05, 0) is 49.3 Å². The van der Waals surface area contributed by atoms with E-state index in [9.17, 15) is 4.39 Å². The summed E-state index contributed by atoms with van der Waals surface area (Å²) < 4.78 is 18.2. The highest BCUT2D eigenvalue weighted by Gasteiger charge is 2.00. The first-order valence-corrected chi connectivity index (χ1v) is 5.37. The van der Waals surface area contributed by atoms with E-state index in [1.54, 1.807) is 6.07 Å². The molecule has 0 aliphatic carbocycles. The van der Waals surface area contributed by atoms with Crippen molar-refractivity contribution in [1.29, 1.82) is 0 Å². The number of rotatable bonds is 5. The molecule has 0 fully saturated rings. The van der Waals surface area contributed by atoms with Gasteiger partial charge in [-0.25, -0.2) is 4.39 Å². The number of unbranched alkanes of at least 4 members (excludes halogenated alkanes) is 1. The van der Waals surface area contributed by atoms with Gasteiger partial charge in [-0.15, -0.1) is 0 Å². The van der Waals surface area contributed by atoms with Crippen LogP contribution in [0.3, 0.4) is 0 Å². The monoisotopic (exact) mass is 214 g/mol. The molecule has 1 aromatic rings. The Balaban J connectivity index is 2.42. The van der Waals surface area contributed by atoms with Gasteiger partial charge in [0.2, 0.25) is 0 Å². The summed E-state index contributed by atoms with van der Waals surface area (Å²) in [5.41, 5.74) is 0.843. The summed E-state index contributed by atoms with van der Waals surface area (Å²) in [6.07, 6.45) is 2.03. The molecule has 0 aromatic heterocycles. The normalized spacial score (nSPS) is 10.2. The Hall–Kier alpha value is -0.700. The molecule has 0 unspecified atom stereocenters. The summed E-state index contributed by atoms with van der Waals surface area (Å²) in [6, 6.07) is 4.57. The van der Waals surface area contributed by atoms with Gasteiger partial charge in [0.05, 0.1) is 6.61 Å². The summed E-state index contributed by atoms with van der Waals surface area (Å²) in [7, 11) is 0. The van der Waals surface area contributed by atoms with Gasteiger partial charge in [-0.3, -0.25) is 0 Å². The van der Waals surface area contributed by atoms with E-state index in [-0.39, 0.29) is 5.82 Å². The van der Waals surface area contributed by atoms with E-state index in [1.165, 1.54) is 12.1 Å². The molecule has 0 aliphatic heterocycles. The molecule has 1 rings (SSSR count). The lowest BCUT2D eigenvalue weighted by molar-refractivity contribution is 0.307. The predicted molar refractivity (Wildman–Crippen MR) is 59.7 cm³/mol. The smallest absolute Gasteiger partial charge is 0.123 e. The molecule has 0 radical (unpaired) electrons. The van der Waals surface area contributed by atoms with Gasteiger partial charge in [-0.2, -0.15) is 12.6 Å². The molecule has 1 aromatic carbocycles. The van der Waals surface area contributed by atoms with Crippen molar-refractivity contribution in [2.45, 2.75) is 19.8 Å². The van der Waals surface area contributed by atoms with Crippen LogP contribution in [0.1, 0.15) is 18.4 Å². The van der Waals surface area contributed by atoms with E-state index in [0.717, 1.165) is 29.9 Å². The molecule has 14 heavy (non-hydrogen) atoms. The van der Waals surface area contributed by atoms with E-state index < -0.39 is 0 Å². The third-order valence-electron chi connectivity index (χ3n) is 1.95. The summed E-state index contributed by atoms with van der Waals surface area (Å²) in [5, 5.41) is 0. The summed E-state index contributed by atoms with van der Waals surface area (Å²) in [5.74, 6) is 1.43. The first kappa shape index (κ1) is 11.4. The Morgan fingerprint density at radius 2 is 2.14 bits per heavy atom. The maximum atomic E-state index is 12.7. The van der Waals surface area contributed by atoms with Gasteiger partial charge >= 0.3 is 0 Å². The minimum absolute atomic E-state index is 0.217. The standard InChI is InChI=1S/C11H15FOS/c1-9-8-10(12)4-5-11(9)13-6-2-3-7-14/h4-5,8,14H,2-3,6-7H2,1H3. The number of hydrogen-bond acceptors (Lipinski definition) is 2. The van der Waals surface area contributed by atoms with Crippen molar-refractivity contribution < 1.29 is 9.13 Å². The van der Waals surface area contributed by atoms with E-state index in [4.69, 9.17) is 4.74 Å². The maximum absolute atomic E-state index is 12.7.